The number of anilines is 1. The molecule has 0 radical (unpaired) electrons. The maximum absolute atomic E-state index is 12.5. The summed E-state index contributed by atoms with van der Waals surface area (Å²) < 4.78 is 11.0. The molecule has 2 aliphatic rings. The monoisotopic (exact) mass is 322 g/mol. The molecule has 24 heavy (non-hydrogen) atoms. The van der Waals surface area contributed by atoms with Gasteiger partial charge in [0.25, 0.3) is 11.8 Å². The van der Waals surface area contributed by atoms with Crippen molar-refractivity contribution in [2.45, 2.75) is 0 Å². The number of rotatable bonds is 2. The number of ether oxygens (including phenoxy) is 2. The highest BCUT2D eigenvalue weighted by Crippen LogP contribution is 2.32. The second-order valence-corrected chi connectivity index (χ2v) is 5.38. The number of hydrogen-bond donors (Lipinski definition) is 1. The summed E-state index contributed by atoms with van der Waals surface area (Å²) in [6, 6.07) is 14.3. The van der Waals surface area contributed by atoms with Gasteiger partial charge < -0.3 is 9.47 Å². The molecular formula is C18H14N2O4. The van der Waals surface area contributed by atoms with Crippen molar-refractivity contribution in [2.24, 2.45) is 0 Å². The summed E-state index contributed by atoms with van der Waals surface area (Å²) >= 11 is 0. The quantitative estimate of drug-likeness (QED) is 0.677. The van der Waals surface area contributed by atoms with Crippen molar-refractivity contribution in [2.75, 3.05) is 18.2 Å². The van der Waals surface area contributed by atoms with Crippen LogP contribution in [0, 0.1) is 0 Å². The summed E-state index contributed by atoms with van der Waals surface area (Å²) in [5.74, 6) is 0.456. The van der Waals surface area contributed by atoms with Crippen molar-refractivity contribution in [3.8, 4) is 11.5 Å². The van der Waals surface area contributed by atoms with Crippen molar-refractivity contribution < 1.29 is 19.1 Å². The standard InChI is InChI=1S/C18H14N2O4/c21-17-14(18(22)20(19-17)13-4-2-1-3-5-13)10-12-6-7-15-16(11-12)24-9-8-23-15/h1-7,10-11H,8-9H2,(H,19,21)/b14-10-. The van der Waals surface area contributed by atoms with Crippen molar-refractivity contribution in [3.63, 3.8) is 0 Å². The van der Waals surface area contributed by atoms with Gasteiger partial charge in [-0.05, 0) is 35.9 Å². The van der Waals surface area contributed by atoms with E-state index in [0.29, 0.717) is 36.0 Å². The van der Waals surface area contributed by atoms with E-state index >= 15 is 0 Å². The molecule has 1 fully saturated rings. The number of amides is 2. The van der Waals surface area contributed by atoms with E-state index in [1.807, 2.05) is 6.07 Å². The topological polar surface area (TPSA) is 67.9 Å². The Labute approximate surface area is 138 Å². The van der Waals surface area contributed by atoms with Crippen molar-refractivity contribution in [1.82, 2.24) is 5.43 Å². The summed E-state index contributed by atoms with van der Waals surface area (Å²) in [5, 5.41) is 1.24. The highest BCUT2D eigenvalue weighted by molar-refractivity contribution is 6.31. The minimum atomic E-state index is -0.432. The Hall–Kier alpha value is -3.28. The summed E-state index contributed by atoms with van der Waals surface area (Å²) in [4.78, 5) is 24.7. The van der Waals surface area contributed by atoms with Crippen LogP contribution >= 0.6 is 0 Å². The van der Waals surface area contributed by atoms with Gasteiger partial charge >= 0.3 is 0 Å². The fraction of sp³-hybridized carbons (Fsp3) is 0.111. The zero-order chi connectivity index (χ0) is 16.5. The lowest BCUT2D eigenvalue weighted by Gasteiger charge is -2.18. The van der Waals surface area contributed by atoms with Crippen LogP contribution in [0.1, 0.15) is 5.56 Å². The lowest BCUT2D eigenvalue weighted by molar-refractivity contribution is -0.117. The van der Waals surface area contributed by atoms with E-state index in [-0.39, 0.29) is 11.5 Å². The second kappa shape index (κ2) is 5.73. The molecule has 0 saturated carbocycles. The molecule has 6 heteroatoms. The Morgan fingerprint density at radius 2 is 1.71 bits per heavy atom. The van der Waals surface area contributed by atoms with Crippen molar-refractivity contribution in [1.29, 1.82) is 0 Å². The smallest absolute Gasteiger partial charge is 0.282 e. The highest BCUT2D eigenvalue weighted by Gasteiger charge is 2.34. The first-order valence-electron chi connectivity index (χ1n) is 7.54. The van der Waals surface area contributed by atoms with E-state index in [0.717, 1.165) is 0 Å². The number of nitrogens with zero attached hydrogens (tertiary/aromatic N) is 1. The van der Waals surface area contributed by atoms with Crippen molar-refractivity contribution >= 4 is 23.6 Å². The van der Waals surface area contributed by atoms with Crippen LogP contribution in [0.2, 0.25) is 0 Å². The third-order valence-corrected chi connectivity index (χ3v) is 3.78. The van der Waals surface area contributed by atoms with E-state index in [2.05, 4.69) is 5.43 Å². The van der Waals surface area contributed by atoms with Crippen LogP contribution in [-0.2, 0) is 9.59 Å². The van der Waals surface area contributed by atoms with Gasteiger partial charge in [-0.15, -0.1) is 0 Å². The molecule has 0 spiro atoms. The maximum atomic E-state index is 12.5. The molecule has 0 unspecified atom stereocenters. The zero-order valence-electron chi connectivity index (χ0n) is 12.7. The van der Waals surface area contributed by atoms with Gasteiger partial charge in [0, 0.05) is 0 Å². The minimum absolute atomic E-state index is 0.0792. The molecule has 0 atom stereocenters. The lowest BCUT2D eigenvalue weighted by atomic mass is 10.1. The number of benzene rings is 2. The number of para-hydroxylation sites is 1. The van der Waals surface area contributed by atoms with Crippen molar-refractivity contribution in [3.05, 3.63) is 59.7 Å². The summed E-state index contributed by atoms with van der Waals surface area (Å²) in [6.07, 6.45) is 1.55. The van der Waals surface area contributed by atoms with E-state index in [4.69, 9.17) is 9.47 Å². The second-order valence-electron chi connectivity index (χ2n) is 5.38. The van der Waals surface area contributed by atoms with Crippen LogP contribution in [0.3, 0.4) is 0 Å². The Kier molecular flexibility index (Phi) is 3.42. The van der Waals surface area contributed by atoms with Gasteiger partial charge in [-0.25, -0.2) is 5.01 Å². The van der Waals surface area contributed by atoms with Gasteiger partial charge in [0.15, 0.2) is 11.5 Å². The van der Waals surface area contributed by atoms with Gasteiger partial charge in [-0.1, -0.05) is 24.3 Å². The number of hydrazine groups is 1. The molecule has 6 nitrogen and oxygen atoms in total. The van der Waals surface area contributed by atoms with Gasteiger partial charge in [0.2, 0.25) is 0 Å². The third kappa shape index (κ3) is 2.48. The van der Waals surface area contributed by atoms with Gasteiger partial charge in [0.05, 0.1) is 5.69 Å². The van der Waals surface area contributed by atoms with Gasteiger partial charge in [-0.3, -0.25) is 15.0 Å². The largest absolute Gasteiger partial charge is 0.486 e. The van der Waals surface area contributed by atoms with Gasteiger partial charge in [0.1, 0.15) is 18.8 Å². The predicted molar refractivity (Wildman–Crippen MR) is 87.5 cm³/mol. The SMILES string of the molecule is O=C1NN(c2ccccc2)C(=O)/C1=C\c1ccc2c(c1)OCCO2. The minimum Gasteiger partial charge on any atom is -0.486 e. The Balaban J connectivity index is 1.65. The number of carbonyl (C=O) groups is 2. The van der Waals surface area contributed by atoms with Crippen LogP contribution in [0.4, 0.5) is 5.69 Å². The fourth-order valence-electron chi connectivity index (χ4n) is 2.63. The molecule has 120 valence electrons. The Morgan fingerprint density at radius 1 is 0.958 bits per heavy atom. The molecule has 0 aliphatic carbocycles. The molecule has 2 aliphatic heterocycles. The number of nitrogens with one attached hydrogen (secondary N) is 1. The van der Waals surface area contributed by atoms with E-state index in [1.165, 1.54) is 5.01 Å². The first-order chi connectivity index (χ1) is 11.7. The fourth-order valence-corrected chi connectivity index (χ4v) is 2.63. The number of carbonyl (C=O) groups excluding carboxylic acids is 2. The van der Waals surface area contributed by atoms with Crippen LogP contribution < -0.4 is 19.9 Å². The van der Waals surface area contributed by atoms with Crippen LogP contribution in [0.5, 0.6) is 11.5 Å². The lowest BCUT2D eigenvalue weighted by Crippen LogP contribution is -2.35. The molecule has 4 rings (SSSR count). The molecule has 2 aromatic carbocycles. The molecular weight excluding hydrogens is 308 g/mol. The molecule has 2 aromatic rings. The zero-order valence-corrected chi connectivity index (χ0v) is 12.7. The number of hydrogen-bond acceptors (Lipinski definition) is 4. The van der Waals surface area contributed by atoms with E-state index in [9.17, 15) is 9.59 Å². The first-order valence-corrected chi connectivity index (χ1v) is 7.54. The van der Waals surface area contributed by atoms with Crippen LogP contribution in [0.25, 0.3) is 6.08 Å². The van der Waals surface area contributed by atoms with Crippen LogP contribution in [0.15, 0.2) is 54.1 Å². The molecule has 0 aromatic heterocycles. The van der Waals surface area contributed by atoms with E-state index < -0.39 is 5.91 Å². The van der Waals surface area contributed by atoms with E-state index in [1.54, 1.807) is 48.5 Å². The highest BCUT2D eigenvalue weighted by atomic mass is 16.6. The third-order valence-electron chi connectivity index (χ3n) is 3.78. The van der Waals surface area contributed by atoms with Gasteiger partial charge in [-0.2, -0.15) is 0 Å². The molecule has 2 heterocycles. The molecule has 1 N–H and O–H groups in total. The summed E-state index contributed by atoms with van der Waals surface area (Å²) in [6.45, 7) is 0.995. The predicted octanol–water partition coefficient (Wildman–Crippen LogP) is 1.92. The Bertz CT molecular complexity index is 845. The Morgan fingerprint density at radius 3 is 2.50 bits per heavy atom. The summed E-state index contributed by atoms with van der Waals surface area (Å²) in [5.41, 5.74) is 3.97. The number of fused-ring (bicyclic) bond motifs is 1. The molecule has 2 amide bonds. The van der Waals surface area contributed by atoms with Crippen LogP contribution in [-0.4, -0.2) is 25.0 Å². The average Bonchev–Trinajstić information content (AvgIpc) is 2.90. The molecule has 1 saturated heterocycles. The first kappa shape index (κ1) is 14.3. The maximum Gasteiger partial charge on any atom is 0.282 e. The summed E-state index contributed by atoms with van der Waals surface area (Å²) in [7, 11) is 0. The molecule has 0 bridgehead atoms. The normalized spacial score (nSPS) is 18.0. The average molecular weight is 322 g/mol.